The fourth-order valence-electron chi connectivity index (χ4n) is 5.18. The Labute approximate surface area is 215 Å². The number of ether oxygens (including phenoxy) is 2. The van der Waals surface area contributed by atoms with E-state index in [-0.39, 0.29) is 11.6 Å². The summed E-state index contributed by atoms with van der Waals surface area (Å²) in [7, 11) is 0. The van der Waals surface area contributed by atoms with E-state index in [0.29, 0.717) is 67.7 Å². The fourth-order valence-corrected chi connectivity index (χ4v) is 5.18. The van der Waals surface area contributed by atoms with Crippen LogP contribution in [0.3, 0.4) is 0 Å². The number of allylic oxidation sites excluding steroid dienone is 1. The van der Waals surface area contributed by atoms with Gasteiger partial charge in [-0.05, 0) is 56.5 Å². The lowest BCUT2D eigenvalue weighted by Gasteiger charge is -2.35. The Morgan fingerprint density at radius 1 is 1.03 bits per heavy atom. The molecule has 2 aromatic rings. The van der Waals surface area contributed by atoms with Crippen molar-refractivity contribution in [2.45, 2.75) is 38.1 Å². The first kappa shape index (κ1) is 25.2. The number of carbonyl (C=O) groups is 2. The minimum atomic E-state index is -0.694. The van der Waals surface area contributed by atoms with Crippen molar-refractivity contribution in [3.05, 3.63) is 70.6 Å². The van der Waals surface area contributed by atoms with Crippen LogP contribution in [0.5, 0.6) is 5.75 Å². The third-order valence-electron chi connectivity index (χ3n) is 7.11. The van der Waals surface area contributed by atoms with E-state index >= 15 is 0 Å². The van der Waals surface area contributed by atoms with Gasteiger partial charge in [0.15, 0.2) is 5.88 Å². The molecule has 5 rings (SSSR count). The van der Waals surface area contributed by atoms with E-state index in [2.05, 4.69) is 5.32 Å². The van der Waals surface area contributed by atoms with E-state index in [0.717, 1.165) is 31.6 Å². The highest BCUT2D eigenvalue weighted by atomic mass is 19.1. The molecular weight excluding hydrogens is 480 g/mol. The number of carbonyl (C=O) groups excluding carboxylic acids is 2. The molecule has 1 amide bonds. The molecule has 0 aliphatic carbocycles. The molecule has 2 unspecified atom stereocenters. The van der Waals surface area contributed by atoms with E-state index in [9.17, 15) is 18.4 Å². The van der Waals surface area contributed by atoms with Crippen molar-refractivity contribution in [1.29, 1.82) is 0 Å². The molecule has 3 aliphatic heterocycles. The molecular formula is C28H31F2N3O4. The molecule has 7 nitrogen and oxygen atoms in total. The Morgan fingerprint density at radius 2 is 1.73 bits per heavy atom. The molecule has 2 atom stereocenters. The lowest BCUT2D eigenvalue weighted by atomic mass is 9.90. The molecule has 196 valence electrons. The van der Waals surface area contributed by atoms with Crippen LogP contribution in [0.25, 0.3) is 0 Å². The Hall–Kier alpha value is -3.46. The van der Waals surface area contributed by atoms with Crippen LogP contribution < -0.4 is 10.1 Å². The van der Waals surface area contributed by atoms with Gasteiger partial charge < -0.3 is 29.4 Å². The van der Waals surface area contributed by atoms with Crippen molar-refractivity contribution >= 4 is 17.9 Å². The van der Waals surface area contributed by atoms with Crippen molar-refractivity contribution in [2.24, 2.45) is 0 Å². The zero-order valence-electron chi connectivity index (χ0n) is 20.8. The van der Waals surface area contributed by atoms with Crippen LogP contribution in [0.4, 0.5) is 14.5 Å². The average molecular weight is 512 g/mol. The zero-order chi connectivity index (χ0) is 25.9. The number of piperidine rings is 1. The molecule has 3 heterocycles. The highest BCUT2D eigenvalue weighted by molar-refractivity contribution is 5.95. The van der Waals surface area contributed by atoms with Gasteiger partial charge in [0.2, 0.25) is 0 Å². The SMILES string of the molecule is CC(Nc1cc(F)cc(F)c1)c1cc(C(=O)N2CCCCC2)cc2c1OC(N1CCOCC1)=CC2C=O. The summed E-state index contributed by atoms with van der Waals surface area (Å²) in [6.45, 7) is 5.58. The third kappa shape index (κ3) is 5.46. The quantitative estimate of drug-likeness (QED) is 0.571. The van der Waals surface area contributed by atoms with Crippen molar-refractivity contribution in [1.82, 2.24) is 9.80 Å². The normalized spacial score (nSPS) is 20.4. The van der Waals surface area contributed by atoms with Crippen molar-refractivity contribution < 1.29 is 27.8 Å². The Kier molecular flexibility index (Phi) is 7.41. The number of morpholine rings is 1. The smallest absolute Gasteiger partial charge is 0.253 e. The van der Waals surface area contributed by atoms with Gasteiger partial charge in [-0.25, -0.2) is 8.78 Å². The number of nitrogens with one attached hydrogen (secondary N) is 1. The number of aldehydes is 1. The second kappa shape index (κ2) is 10.9. The maximum absolute atomic E-state index is 13.9. The van der Waals surface area contributed by atoms with Crippen LogP contribution in [0.2, 0.25) is 0 Å². The summed E-state index contributed by atoms with van der Waals surface area (Å²) in [4.78, 5) is 29.6. The van der Waals surface area contributed by atoms with Crippen molar-refractivity contribution in [3.63, 3.8) is 0 Å². The van der Waals surface area contributed by atoms with Crippen LogP contribution in [-0.4, -0.2) is 61.4 Å². The molecule has 2 aromatic carbocycles. The van der Waals surface area contributed by atoms with Crippen molar-refractivity contribution in [3.8, 4) is 5.75 Å². The van der Waals surface area contributed by atoms with Crippen LogP contribution in [0.15, 0.2) is 42.3 Å². The van der Waals surface area contributed by atoms with E-state index in [1.807, 2.05) is 16.7 Å². The summed E-state index contributed by atoms with van der Waals surface area (Å²) in [5.74, 6) is -1.05. The lowest BCUT2D eigenvalue weighted by Crippen LogP contribution is -2.39. The lowest BCUT2D eigenvalue weighted by molar-refractivity contribution is -0.108. The van der Waals surface area contributed by atoms with Crippen molar-refractivity contribution in [2.75, 3.05) is 44.7 Å². The number of hydrogen-bond donors (Lipinski definition) is 1. The van der Waals surface area contributed by atoms with Gasteiger partial charge in [0.05, 0.1) is 25.2 Å². The predicted molar refractivity (Wildman–Crippen MR) is 135 cm³/mol. The summed E-state index contributed by atoms with van der Waals surface area (Å²) in [5, 5.41) is 3.14. The van der Waals surface area contributed by atoms with E-state index < -0.39 is 23.6 Å². The van der Waals surface area contributed by atoms with Gasteiger partial charge in [0.1, 0.15) is 23.7 Å². The number of rotatable bonds is 6. The second-order valence-electron chi connectivity index (χ2n) is 9.73. The molecule has 1 N–H and O–H groups in total. The van der Waals surface area contributed by atoms with Gasteiger partial charge in [0, 0.05) is 54.6 Å². The number of fused-ring (bicyclic) bond motifs is 1. The number of halogens is 2. The first-order valence-electron chi connectivity index (χ1n) is 12.8. The molecule has 0 radical (unpaired) electrons. The average Bonchev–Trinajstić information content (AvgIpc) is 2.91. The molecule has 2 fully saturated rings. The number of likely N-dealkylation sites (tertiary alicyclic amines) is 1. The Morgan fingerprint density at radius 3 is 2.41 bits per heavy atom. The molecule has 0 bridgehead atoms. The number of anilines is 1. The van der Waals surface area contributed by atoms with Gasteiger partial charge >= 0.3 is 0 Å². The van der Waals surface area contributed by atoms with Crippen LogP contribution in [0, 0.1) is 11.6 Å². The van der Waals surface area contributed by atoms with Gasteiger partial charge in [-0.1, -0.05) is 0 Å². The largest absolute Gasteiger partial charge is 0.441 e. The van der Waals surface area contributed by atoms with Gasteiger partial charge in [-0.3, -0.25) is 4.79 Å². The summed E-state index contributed by atoms with van der Waals surface area (Å²) >= 11 is 0. The topological polar surface area (TPSA) is 71.1 Å². The molecule has 2 saturated heterocycles. The highest BCUT2D eigenvalue weighted by Crippen LogP contribution is 2.42. The highest BCUT2D eigenvalue weighted by Gasteiger charge is 2.31. The minimum Gasteiger partial charge on any atom is -0.441 e. The minimum absolute atomic E-state index is 0.0969. The number of nitrogens with zero attached hydrogens (tertiary/aromatic N) is 2. The summed E-state index contributed by atoms with van der Waals surface area (Å²) in [5.41, 5.74) is 1.96. The van der Waals surface area contributed by atoms with E-state index in [1.165, 1.54) is 12.1 Å². The predicted octanol–water partition coefficient (Wildman–Crippen LogP) is 4.61. The monoisotopic (exact) mass is 511 g/mol. The maximum atomic E-state index is 13.9. The summed E-state index contributed by atoms with van der Waals surface area (Å²) in [6, 6.07) is 6.27. The van der Waals surface area contributed by atoms with Crippen LogP contribution in [-0.2, 0) is 9.53 Å². The number of hydrogen-bond acceptors (Lipinski definition) is 6. The standard InChI is InChI=1S/C28H31F2N3O4/c1-18(31-23-15-21(29)14-22(30)16-23)24-11-19(28(35)33-5-3-2-4-6-33)12-25-20(17-34)13-26(37-27(24)25)32-7-9-36-10-8-32/h11-18,20,31H,2-10H2,1H3. The van der Waals surface area contributed by atoms with E-state index in [1.54, 1.807) is 18.2 Å². The number of amides is 1. The second-order valence-corrected chi connectivity index (χ2v) is 9.73. The molecule has 3 aliphatic rings. The van der Waals surface area contributed by atoms with Gasteiger partial charge in [0.25, 0.3) is 5.91 Å². The van der Waals surface area contributed by atoms with Gasteiger partial charge in [-0.2, -0.15) is 0 Å². The molecule has 9 heteroatoms. The third-order valence-corrected chi connectivity index (χ3v) is 7.11. The Bertz CT molecular complexity index is 1190. The van der Waals surface area contributed by atoms with Crippen LogP contribution in [0.1, 0.15) is 59.6 Å². The summed E-state index contributed by atoms with van der Waals surface area (Å²) < 4.78 is 39.6. The molecule has 0 aromatic heterocycles. The maximum Gasteiger partial charge on any atom is 0.253 e. The number of benzene rings is 2. The molecule has 0 spiro atoms. The van der Waals surface area contributed by atoms with Crippen LogP contribution >= 0.6 is 0 Å². The summed E-state index contributed by atoms with van der Waals surface area (Å²) in [6.07, 6.45) is 5.64. The first-order valence-corrected chi connectivity index (χ1v) is 12.8. The van der Waals surface area contributed by atoms with E-state index in [4.69, 9.17) is 9.47 Å². The molecule has 37 heavy (non-hydrogen) atoms. The molecule has 0 saturated carbocycles. The van der Waals surface area contributed by atoms with Gasteiger partial charge in [-0.15, -0.1) is 0 Å². The Balaban J connectivity index is 1.55. The fraction of sp³-hybridized carbons (Fsp3) is 0.429. The first-order chi connectivity index (χ1) is 17.9. The zero-order valence-corrected chi connectivity index (χ0v) is 20.8.